The molecule has 1 aromatic heterocycles. The molecule has 0 saturated carbocycles. The summed E-state index contributed by atoms with van der Waals surface area (Å²) < 4.78 is 28.5. The molecule has 0 spiro atoms. The number of hydrogen-bond donors (Lipinski definition) is 1. The number of pyridine rings is 1. The molecule has 1 aromatic carbocycles. The van der Waals surface area contributed by atoms with Crippen LogP contribution in [0.5, 0.6) is 0 Å². The second-order valence-electron chi connectivity index (χ2n) is 4.18. The van der Waals surface area contributed by atoms with Gasteiger partial charge in [-0.2, -0.15) is 0 Å². The Hall–Kier alpha value is -2.35. The summed E-state index contributed by atoms with van der Waals surface area (Å²) in [4.78, 5) is 14.6. The molecule has 0 atom stereocenters. The summed E-state index contributed by atoms with van der Waals surface area (Å²) in [5.41, 5.74) is 1.02. The van der Waals surface area contributed by atoms with Crippen molar-refractivity contribution in [3.8, 4) is 0 Å². The molecule has 0 bridgehead atoms. The molecule has 0 fully saturated rings. The van der Waals surface area contributed by atoms with E-state index in [1.54, 1.807) is 18.2 Å². The molecule has 21 heavy (non-hydrogen) atoms. The Morgan fingerprint density at radius 1 is 1.38 bits per heavy atom. The van der Waals surface area contributed by atoms with Gasteiger partial charge in [0.05, 0.1) is 22.6 Å². The van der Waals surface area contributed by atoms with E-state index in [0.717, 1.165) is 0 Å². The number of non-ortho nitro benzene ring substituents is 1. The highest BCUT2D eigenvalue weighted by atomic mass is 19.3. The van der Waals surface area contributed by atoms with Crippen molar-refractivity contribution in [2.24, 2.45) is 0 Å². The van der Waals surface area contributed by atoms with Gasteiger partial charge in [0.2, 0.25) is 0 Å². The minimum absolute atomic E-state index is 0.0300. The van der Waals surface area contributed by atoms with E-state index >= 15 is 0 Å². The summed E-state index contributed by atoms with van der Waals surface area (Å²) in [6.45, 7) is -0.202. The lowest BCUT2D eigenvalue weighted by atomic mass is 10.1. The predicted octanol–water partition coefficient (Wildman–Crippen LogP) is 2.84. The van der Waals surface area contributed by atoms with Gasteiger partial charge in [-0.05, 0) is 18.2 Å². The highest BCUT2D eigenvalue weighted by molar-refractivity contribution is 5.96. The molecule has 0 aliphatic carbocycles. The highest BCUT2D eigenvalue weighted by Crippen LogP contribution is 2.29. The van der Waals surface area contributed by atoms with Gasteiger partial charge in [-0.25, -0.2) is 8.78 Å². The number of nitro benzene ring substituents is 1. The van der Waals surface area contributed by atoms with E-state index in [4.69, 9.17) is 4.74 Å². The van der Waals surface area contributed by atoms with Crippen molar-refractivity contribution in [2.45, 2.75) is 6.43 Å². The van der Waals surface area contributed by atoms with E-state index in [2.05, 4.69) is 10.3 Å². The van der Waals surface area contributed by atoms with Crippen molar-refractivity contribution in [3.63, 3.8) is 0 Å². The highest BCUT2D eigenvalue weighted by Gasteiger charge is 2.14. The number of fused-ring (bicyclic) bond motifs is 1. The van der Waals surface area contributed by atoms with Crippen molar-refractivity contribution in [3.05, 3.63) is 40.6 Å². The van der Waals surface area contributed by atoms with Crippen molar-refractivity contribution < 1.29 is 18.4 Å². The number of nitrogens with one attached hydrogen (secondary N) is 1. The molecule has 1 N–H and O–H groups in total. The number of anilines is 1. The minimum atomic E-state index is -2.49. The van der Waals surface area contributed by atoms with Gasteiger partial charge in [0.1, 0.15) is 12.1 Å². The van der Waals surface area contributed by atoms with Crippen LogP contribution < -0.4 is 5.32 Å². The fourth-order valence-corrected chi connectivity index (χ4v) is 1.89. The molecule has 0 aliphatic rings. The van der Waals surface area contributed by atoms with E-state index in [1.165, 1.54) is 12.3 Å². The zero-order chi connectivity index (χ0) is 15.2. The Kier molecular flexibility index (Phi) is 4.94. The van der Waals surface area contributed by atoms with Crippen molar-refractivity contribution in [1.29, 1.82) is 0 Å². The summed E-state index contributed by atoms with van der Waals surface area (Å²) in [7, 11) is 0. The number of nitrogens with zero attached hydrogens (tertiary/aromatic N) is 2. The van der Waals surface area contributed by atoms with Crippen molar-refractivity contribution in [1.82, 2.24) is 4.98 Å². The maximum absolute atomic E-state index is 11.9. The first-order valence-corrected chi connectivity index (χ1v) is 6.21. The van der Waals surface area contributed by atoms with Gasteiger partial charge in [-0.1, -0.05) is 0 Å². The number of benzene rings is 1. The monoisotopic (exact) mass is 297 g/mol. The molecule has 6 nitrogen and oxygen atoms in total. The Morgan fingerprint density at radius 3 is 2.90 bits per heavy atom. The van der Waals surface area contributed by atoms with Gasteiger partial charge >= 0.3 is 0 Å². The van der Waals surface area contributed by atoms with Crippen molar-refractivity contribution >= 4 is 22.3 Å². The molecular formula is C13H13F2N3O3. The molecule has 2 aromatic rings. The number of rotatable bonds is 7. The molecule has 0 saturated heterocycles. The topological polar surface area (TPSA) is 77.3 Å². The third kappa shape index (κ3) is 3.82. The van der Waals surface area contributed by atoms with E-state index in [1.807, 2.05) is 0 Å². The molecule has 1 heterocycles. The van der Waals surface area contributed by atoms with Gasteiger partial charge < -0.3 is 10.1 Å². The molecule has 8 heteroatoms. The summed E-state index contributed by atoms with van der Waals surface area (Å²) in [5.74, 6) is 0. The van der Waals surface area contributed by atoms with E-state index in [9.17, 15) is 18.9 Å². The van der Waals surface area contributed by atoms with Crippen LogP contribution in [0.15, 0.2) is 30.5 Å². The molecule has 0 unspecified atom stereocenters. The number of ether oxygens (including phenoxy) is 1. The van der Waals surface area contributed by atoms with Crippen LogP contribution in [0.2, 0.25) is 0 Å². The lowest BCUT2D eigenvalue weighted by Gasteiger charge is -2.09. The predicted molar refractivity (Wildman–Crippen MR) is 73.7 cm³/mol. The fraction of sp³-hybridized carbons (Fsp3) is 0.308. The van der Waals surface area contributed by atoms with Crippen LogP contribution in [-0.2, 0) is 4.74 Å². The number of alkyl halides is 2. The second-order valence-corrected chi connectivity index (χ2v) is 4.18. The van der Waals surface area contributed by atoms with Crippen LogP contribution in [0.3, 0.4) is 0 Å². The van der Waals surface area contributed by atoms with Crippen LogP contribution in [0.25, 0.3) is 10.9 Å². The molecular weight excluding hydrogens is 284 g/mol. The third-order valence-corrected chi connectivity index (χ3v) is 2.75. The zero-order valence-corrected chi connectivity index (χ0v) is 11.0. The Balaban J connectivity index is 2.11. The first-order chi connectivity index (χ1) is 10.1. The van der Waals surface area contributed by atoms with E-state index in [-0.39, 0.29) is 12.3 Å². The SMILES string of the molecule is O=[N+]([O-])c1ccc(NCCOCC(F)F)c2ncccc12. The van der Waals surface area contributed by atoms with Crippen LogP contribution in [0.4, 0.5) is 20.2 Å². The third-order valence-electron chi connectivity index (χ3n) is 2.75. The smallest absolute Gasteiger partial charge is 0.278 e. The zero-order valence-electron chi connectivity index (χ0n) is 11.0. The van der Waals surface area contributed by atoms with E-state index < -0.39 is 18.0 Å². The first kappa shape index (κ1) is 15.0. The lowest BCUT2D eigenvalue weighted by molar-refractivity contribution is -0.383. The van der Waals surface area contributed by atoms with Gasteiger partial charge in [-0.15, -0.1) is 0 Å². The number of aromatic nitrogens is 1. The molecule has 2 rings (SSSR count). The van der Waals surface area contributed by atoms with Crippen molar-refractivity contribution in [2.75, 3.05) is 25.1 Å². The first-order valence-electron chi connectivity index (χ1n) is 6.21. The van der Waals surface area contributed by atoms with Crippen LogP contribution in [-0.4, -0.2) is 36.1 Å². The Bertz CT molecular complexity index is 637. The normalized spacial score (nSPS) is 11.0. The fourth-order valence-electron chi connectivity index (χ4n) is 1.89. The number of nitro groups is 1. The summed E-state index contributed by atoms with van der Waals surface area (Å²) in [5, 5.41) is 14.3. The minimum Gasteiger partial charge on any atom is -0.381 e. The Labute approximate surface area is 118 Å². The lowest BCUT2D eigenvalue weighted by Crippen LogP contribution is -2.13. The Morgan fingerprint density at radius 2 is 2.19 bits per heavy atom. The maximum Gasteiger partial charge on any atom is 0.278 e. The van der Waals surface area contributed by atoms with Gasteiger partial charge in [-0.3, -0.25) is 15.1 Å². The molecule has 0 radical (unpaired) electrons. The molecule has 0 aliphatic heterocycles. The van der Waals surface area contributed by atoms with Gasteiger partial charge in [0.25, 0.3) is 12.1 Å². The number of hydrogen-bond acceptors (Lipinski definition) is 5. The van der Waals surface area contributed by atoms with Crippen LogP contribution >= 0.6 is 0 Å². The summed E-state index contributed by atoms with van der Waals surface area (Å²) >= 11 is 0. The average Bonchev–Trinajstić information content (AvgIpc) is 2.46. The van der Waals surface area contributed by atoms with Gasteiger partial charge in [0.15, 0.2) is 0 Å². The maximum atomic E-state index is 11.9. The largest absolute Gasteiger partial charge is 0.381 e. The standard InChI is InChI=1S/C13H13F2N3O3/c14-12(15)8-21-7-6-16-10-3-4-11(18(19)20)9-2-1-5-17-13(9)10/h1-5,12,16H,6-8H2. The number of halogens is 2. The van der Waals surface area contributed by atoms with Crippen LogP contribution in [0, 0.1) is 10.1 Å². The molecule has 0 amide bonds. The summed E-state index contributed by atoms with van der Waals surface area (Å²) in [6, 6.07) is 6.15. The van der Waals surface area contributed by atoms with Crippen LogP contribution in [0.1, 0.15) is 0 Å². The van der Waals surface area contributed by atoms with Gasteiger partial charge in [0, 0.05) is 18.8 Å². The quantitative estimate of drug-likeness (QED) is 0.483. The summed E-state index contributed by atoms with van der Waals surface area (Å²) in [6.07, 6.45) is -0.961. The molecule has 112 valence electrons. The second kappa shape index (κ2) is 6.89. The average molecular weight is 297 g/mol. The van der Waals surface area contributed by atoms with E-state index in [0.29, 0.717) is 23.1 Å².